The van der Waals surface area contributed by atoms with Crippen molar-refractivity contribution in [1.29, 1.82) is 0 Å². The Morgan fingerprint density at radius 2 is 1.90 bits per heavy atom. The van der Waals surface area contributed by atoms with Crippen molar-refractivity contribution in [3.05, 3.63) is 18.2 Å². The van der Waals surface area contributed by atoms with E-state index in [1.807, 2.05) is 16.8 Å². The Morgan fingerprint density at radius 3 is 2.48 bits per heavy atom. The number of nitrogens with one attached hydrogen (secondary N) is 1. The van der Waals surface area contributed by atoms with E-state index in [2.05, 4.69) is 4.98 Å². The van der Waals surface area contributed by atoms with Crippen LogP contribution < -0.4 is 5.32 Å². The van der Waals surface area contributed by atoms with E-state index in [1.54, 1.807) is 19.9 Å². The number of nitrogens with zero attached hydrogens (tertiary/aromatic N) is 3. The second kappa shape index (κ2) is 10.7. The van der Waals surface area contributed by atoms with Gasteiger partial charge in [0.25, 0.3) is 0 Å². The molecule has 0 atom stereocenters. The van der Waals surface area contributed by atoms with Gasteiger partial charge in [-0.1, -0.05) is 39.0 Å². The molecule has 0 bridgehead atoms. The molecule has 0 saturated heterocycles. The summed E-state index contributed by atoms with van der Waals surface area (Å²) in [6.07, 6.45) is -2.73. The van der Waals surface area contributed by atoms with Crippen molar-refractivity contribution in [3.8, 4) is 0 Å². The molecule has 0 saturated carbocycles. The lowest BCUT2D eigenvalue weighted by atomic mass is 10.3. The van der Waals surface area contributed by atoms with Crippen molar-refractivity contribution in [2.45, 2.75) is 56.4 Å². The number of carbonyl (C=O) groups excluding carboxylic acids is 1. The van der Waals surface area contributed by atoms with Crippen LogP contribution in [-0.2, 0) is 21.4 Å². The molecular weight excluding hydrogens is 453 g/mol. The molecule has 1 aromatic heterocycles. The molecule has 0 unspecified atom stereocenters. The number of fused-ring (bicyclic) bond motifs is 1. The molecule has 174 valence electrons. The fourth-order valence-corrected chi connectivity index (χ4v) is 5.33. The number of thioether (sulfide) groups is 1. The molecule has 2 rings (SSSR count). The Kier molecular flexibility index (Phi) is 8.78. The summed E-state index contributed by atoms with van der Waals surface area (Å²) in [6, 6.07) is 4.71. The normalized spacial score (nSPS) is 12.6. The number of amides is 1. The van der Waals surface area contributed by atoms with E-state index in [9.17, 15) is 26.4 Å². The van der Waals surface area contributed by atoms with E-state index >= 15 is 0 Å². The summed E-state index contributed by atoms with van der Waals surface area (Å²) in [4.78, 5) is 16.4. The molecule has 31 heavy (non-hydrogen) atoms. The van der Waals surface area contributed by atoms with Gasteiger partial charge in [-0.15, -0.1) is 0 Å². The maximum absolute atomic E-state index is 12.8. The van der Waals surface area contributed by atoms with Crippen molar-refractivity contribution < 1.29 is 26.4 Å². The summed E-state index contributed by atoms with van der Waals surface area (Å²) >= 11 is 1.02. The number of carbonyl (C=O) groups is 1. The minimum absolute atomic E-state index is 0.128. The van der Waals surface area contributed by atoms with E-state index in [0.29, 0.717) is 35.8 Å². The van der Waals surface area contributed by atoms with Crippen molar-refractivity contribution in [3.63, 3.8) is 0 Å². The van der Waals surface area contributed by atoms with Crippen LogP contribution in [-0.4, -0.2) is 59.7 Å². The quantitative estimate of drug-likeness (QED) is 0.497. The number of halogens is 3. The van der Waals surface area contributed by atoms with E-state index in [4.69, 9.17) is 0 Å². The van der Waals surface area contributed by atoms with Crippen LogP contribution in [0.1, 0.15) is 33.6 Å². The summed E-state index contributed by atoms with van der Waals surface area (Å²) in [7, 11) is -3.65. The average Bonchev–Trinajstić information content (AvgIpc) is 3.06. The SMILES string of the molecule is CCCCn1c(SCC(=O)NCC(F)(F)F)nc2cc(S(=O)(=O)N(CC)CC)ccc21. The minimum Gasteiger partial charge on any atom is -0.346 e. The van der Waals surface area contributed by atoms with Gasteiger partial charge in [-0.05, 0) is 24.6 Å². The van der Waals surface area contributed by atoms with Gasteiger partial charge in [0.2, 0.25) is 15.9 Å². The molecule has 1 aromatic carbocycles. The highest BCUT2D eigenvalue weighted by molar-refractivity contribution is 7.99. The highest BCUT2D eigenvalue weighted by Crippen LogP contribution is 2.28. The Balaban J connectivity index is 2.32. The van der Waals surface area contributed by atoms with E-state index in [-0.39, 0.29) is 10.6 Å². The van der Waals surface area contributed by atoms with Crippen LogP contribution in [0.15, 0.2) is 28.3 Å². The number of imidazole rings is 1. The van der Waals surface area contributed by atoms with Crippen LogP contribution in [0.25, 0.3) is 11.0 Å². The Labute approximate surface area is 184 Å². The fourth-order valence-electron chi connectivity index (χ4n) is 2.98. The number of aromatic nitrogens is 2. The molecular formula is C19H27F3N4O3S2. The zero-order valence-corrected chi connectivity index (χ0v) is 19.3. The highest BCUT2D eigenvalue weighted by atomic mass is 32.2. The van der Waals surface area contributed by atoms with Gasteiger partial charge >= 0.3 is 6.18 Å². The van der Waals surface area contributed by atoms with Gasteiger partial charge in [0.1, 0.15) is 6.54 Å². The molecule has 0 aliphatic carbocycles. The van der Waals surface area contributed by atoms with Gasteiger partial charge in [-0.25, -0.2) is 13.4 Å². The number of unbranched alkanes of at least 4 members (excludes halogenated alkanes) is 1. The van der Waals surface area contributed by atoms with E-state index in [1.165, 1.54) is 16.4 Å². The topological polar surface area (TPSA) is 84.3 Å². The third-order valence-electron chi connectivity index (χ3n) is 4.58. The molecule has 1 amide bonds. The first-order chi connectivity index (χ1) is 14.5. The van der Waals surface area contributed by atoms with Crippen LogP contribution >= 0.6 is 11.8 Å². The maximum atomic E-state index is 12.8. The summed E-state index contributed by atoms with van der Waals surface area (Å²) in [6.45, 7) is 5.44. The van der Waals surface area contributed by atoms with Crippen LogP contribution in [0.4, 0.5) is 13.2 Å². The molecule has 0 radical (unpaired) electrons. The highest BCUT2D eigenvalue weighted by Gasteiger charge is 2.28. The van der Waals surface area contributed by atoms with Gasteiger partial charge in [-0.3, -0.25) is 4.79 Å². The summed E-state index contributed by atoms with van der Waals surface area (Å²) in [5.74, 6) is -0.975. The predicted molar refractivity (Wildman–Crippen MR) is 115 cm³/mol. The number of rotatable bonds is 11. The second-order valence-corrected chi connectivity index (χ2v) is 9.70. The lowest BCUT2D eigenvalue weighted by Gasteiger charge is -2.18. The third-order valence-corrected chi connectivity index (χ3v) is 7.60. The zero-order chi connectivity index (χ0) is 23.2. The molecule has 12 heteroatoms. The first-order valence-electron chi connectivity index (χ1n) is 10.00. The van der Waals surface area contributed by atoms with E-state index in [0.717, 1.165) is 24.6 Å². The number of benzene rings is 1. The van der Waals surface area contributed by atoms with E-state index < -0.39 is 28.7 Å². The first-order valence-corrected chi connectivity index (χ1v) is 12.4. The van der Waals surface area contributed by atoms with Gasteiger partial charge in [0, 0.05) is 19.6 Å². The number of alkyl halides is 3. The molecule has 7 nitrogen and oxygen atoms in total. The number of aryl methyl sites for hydroxylation is 1. The van der Waals surface area contributed by atoms with Crippen LogP contribution in [0.2, 0.25) is 0 Å². The number of hydrogen-bond acceptors (Lipinski definition) is 5. The Hall–Kier alpha value is -1.79. The second-order valence-electron chi connectivity index (χ2n) is 6.82. The molecule has 2 aromatic rings. The smallest absolute Gasteiger partial charge is 0.346 e. The Morgan fingerprint density at radius 1 is 1.23 bits per heavy atom. The standard InChI is InChI=1S/C19H27F3N4O3S2/c1-4-7-10-26-16-9-8-14(31(28,29)25(5-2)6-3)11-15(16)24-18(26)30-12-17(27)23-13-19(20,21)22/h8-9,11H,4-7,10,12-13H2,1-3H3,(H,23,27). The number of hydrogen-bond donors (Lipinski definition) is 1. The molecule has 1 N–H and O–H groups in total. The van der Waals surface area contributed by atoms with Gasteiger partial charge in [-0.2, -0.15) is 17.5 Å². The predicted octanol–water partition coefficient (Wildman–Crippen LogP) is 3.64. The molecule has 1 heterocycles. The fraction of sp³-hybridized carbons (Fsp3) is 0.579. The van der Waals surface area contributed by atoms with Gasteiger partial charge in [0.05, 0.1) is 21.7 Å². The lowest BCUT2D eigenvalue weighted by molar-refractivity contribution is -0.136. The Bertz CT molecular complexity index is 1000. The van der Waals surface area contributed by atoms with Crippen molar-refractivity contribution >= 4 is 38.7 Å². The van der Waals surface area contributed by atoms with Crippen molar-refractivity contribution in [2.75, 3.05) is 25.4 Å². The summed E-state index contributed by atoms with van der Waals surface area (Å²) in [5.41, 5.74) is 1.17. The molecule has 0 aliphatic rings. The lowest BCUT2D eigenvalue weighted by Crippen LogP contribution is -2.34. The average molecular weight is 481 g/mol. The monoisotopic (exact) mass is 480 g/mol. The summed E-state index contributed by atoms with van der Waals surface area (Å²) in [5, 5.41) is 2.30. The minimum atomic E-state index is -4.47. The first kappa shape index (κ1) is 25.5. The number of sulfonamides is 1. The van der Waals surface area contributed by atoms with Crippen LogP contribution in [0, 0.1) is 0 Å². The maximum Gasteiger partial charge on any atom is 0.405 e. The molecule has 0 aliphatic heterocycles. The summed E-state index contributed by atoms with van der Waals surface area (Å²) < 4.78 is 65.7. The molecule has 0 fully saturated rings. The zero-order valence-electron chi connectivity index (χ0n) is 17.7. The van der Waals surface area contributed by atoms with Crippen molar-refractivity contribution in [2.24, 2.45) is 0 Å². The van der Waals surface area contributed by atoms with Crippen molar-refractivity contribution in [1.82, 2.24) is 19.2 Å². The molecule has 0 spiro atoms. The van der Waals surface area contributed by atoms with Crippen LogP contribution in [0.5, 0.6) is 0 Å². The largest absolute Gasteiger partial charge is 0.405 e. The van der Waals surface area contributed by atoms with Crippen LogP contribution in [0.3, 0.4) is 0 Å². The van der Waals surface area contributed by atoms with Gasteiger partial charge in [0.15, 0.2) is 5.16 Å². The third kappa shape index (κ3) is 6.59. The van der Waals surface area contributed by atoms with Gasteiger partial charge < -0.3 is 9.88 Å².